The monoisotopic (exact) mass is 334 g/mol. The Bertz CT molecular complexity index is 782. The minimum Gasteiger partial charge on any atom is -0.484 e. The number of rotatable bonds is 7. The lowest BCUT2D eigenvalue weighted by Crippen LogP contribution is -2.24. The van der Waals surface area contributed by atoms with E-state index in [1.807, 2.05) is 0 Å². The zero-order valence-electron chi connectivity index (χ0n) is 11.9. The summed E-state index contributed by atoms with van der Waals surface area (Å²) in [5.74, 6) is -0.658. The highest BCUT2D eigenvalue weighted by Gasteiger charge is 2.10. The number of amides is 1. The van der Waals surface area contributed by atoms with Crippen LogP contribution in [0.5, 0.6) is 5.75 Å². The molecule has 0 unspecified atom stereocenters. The second-order valence-corrected chi connectivity index (χ2v) is 4.27. The molecule has 1 heterocycles. The Morgan fingerprint density at radius 3 is 2.46 bits per heavy atom. The van der Waals surface area contributed by atoms with Gasteiger partial charge >= 0.3 is 5.88 Å². The summed E-state index contributed by atoms with van der Waals surface area (Å²) in [6.07, 6.45) is 1.09. The number of benzene rings is 1. The van der Waals surface area contributed by atoms with Crippen molar-refractivity contribution in [3.63, 3.8) is 0 Å². The second kappa shape index (κ2) is 7.49. The summed E-state index contributed by atoms with van der Waals surface area (Å²) in [5.41, 5.74) is 2.04. The molecule has 0 aliphatic carbocycles. The van der Waals surface area contributed by atoms with Gasteiger partial charge in [-0.3, -0.25) is 25.0 Å². The van der Waals surface area contributed by atoms with Gasteiger partial charge in [0.15, 0.2) is 12.4 Å². The Kier molecular flexibility index (Phi) is 5.18. The molecule has 0 aliphatic rings. The molecule has 0 atom stereocenters. The van der Waals surface area contributed by atoms with Crippen LogP contribution in [0.15, 0.2) is 45.9 Å². The molecule has 0 fully saturated rings. The standard InChI is InChI=1S/C13H10N4O7/c18-12(8-23-10-3-1-9(2-4-10)16(19)20)15-14-7-11-5-6-13(24-11)17(21)22/h1-7H,8H2,(H,15,18)/b14-7-. The highest BCUT2D eigenvalue weighted by Crippen LogP contribution is 2.17. The number of carbonyl (C=O) groups is 1. The number of nitro groups is 2. The smallest absolute Gasteiger partial charge is 0.433 e. The minimum absolute atomic E-state index is 0.0936. The van der Waals surface area contributed by atoms with Crippen LogP contribution in [0.2, 0.25) is 0 Å². The third kappa shape index (κ3) is 4.62. The van der Waals surface area contributed by atoms with E-state index >= 15 is 0 Å². The van der Waals surface area contributed by atoms with Gasteiger partial charge in [-0.15, -0.1) is 0 Å². The average molecular weight is 334 g/mol. The number of hydrogen-bond acceptors (Lipinski definition) is 8. The Hall–Kier alpha value is -3.76. The van der Waals surface area contributed by atoms with Crippen molar-refractivity contribution in [2.24, 2.45) is 5.10 Å². The molecule has 124 valence electrons. The summed E-state index contributed by atoms with van der Waals surface area (Å²) < 4.78 is 9.92. The number of non-ortho nitro benzene ring substituents is 1. The van der Waals surface area contributed by atoms with E-state index in [1.54, 1.807) is 0 Å². The molecule has 11 nitrogen and oxygen atoms in total. The Balaban J connectivity index is 1.79. The fourth-order valence-electron chi connectivity index (χ4n) is 1.52. The first kappa shape index (κ1) is 16.6. The molecule has 0 aliphatic heterocycles. The van der Waals surface area contributed by atoms with Gasteiger partial charge in [-0.25, -0.2) is 5.43 Å². The molecule has 1 aromatic heterocycles. The van der Waals surface area contributed by atoms with E-state index in [9.17, 15) is 25.0 Å². The number of carbonyl (C=O) groups excluding carboxylic acids is 1. The van der Waals surface area contributed by atoms with Gasteiger partial charge in [0, 0.05) is 12.1 Å². The summed E-state index contributed by atoms with van der Waals surface area (Å²) in [7, 11) is 0. The molecule has 1 aromatic carbocycles. The van der Waals surface area contributed by atoms with E-state index < -0.39 is 21.6 Å². The number of nitrogens with zero attached hydrogens (tertiary/aromatic N) is 3. The lowest BCUT2D eigenvalue weighted by atomic mass is 10.3. The lowest BCUT2D eigenvalue weighted by Gasteiger charge is -2.04. The van der Waals surface area contributed by atoms with Crippen molar-refractivity contribution in [2.75, 3.05) is 6.61 Å². The maximum absolute atomic E-state index is 11.5. The molecule has 2 rings (SSSR count). The first-order chi connectivity index (χ1) is 11.5. The normalized spacial score (nSPS) is 10.5. The molecule has 0 bridgehead atoms. The topological polar surface area (TPSA) is 150 Å². The SMILES string of the molecule is O=C(COc1ccc([N+](=O)[O-])cc1)N/N=C\c1ccc([N+](=O)[O-])o1. The zero-order valence-corrected chi connectivity index (χ0v) is 11.9. The quantitative estimate of drug-likeness (QED) is 0.459. The van der Waals surface area contributed by atoms with Gasteiger partial charge in [0.25, 0.3) is 11.6 Å². The van der Waals surface area contributed by atoms with Crippen molar-refractivity contribution in [1.82, 2.24) is 5.43 Å². The molecule has 1 amide bonds. The second-order valence-electron chi connectivity index (χ2n) is 4.27. The molecular formula is C13H10N4O7. The van der Waals surface area contributed by atoms with E-state index in [1.165, 1.54) is 30.3 Å². The van der Waals surface area contributed by atoms with E-state index in [0.717, 1.165) is 12.3 Å². The van der Waals surface area contributed by atoms with Gasteiger partial charge in [0.05, 0.1) is 17.2 Å². The highest BCUT2D eigenvalue weighted by molar-refractivity contribution is 5.81. The number of hydrogen-bond donors (Lipinski definition) is 1. The minimum atomic E-state index is -0.700. The Labute approximate surface area is 133 Å². The third-order valence-electron chi connectivity index (χ3n) is 2.59. The number of hydrazone groups is 1. The van der Waals surface area contributed by atoms with Crippen LogP contribution in [0.4, 0.5) is 11.6 Å². The van der Waals surface area contributed by atoms with Gasteiger partial charge < -0.3 is 9.15 Å². The van der Waals surface area contributed by atoms with Crippen LogP contribution in [-0.4, -0.2) is 28.6 Å². The van der Waals surface area contributed by atoms with E-state index in [-0.39, 0.29) is 23.8 Å². The molecule has 0 saturated heterocycles. The van der Waals surface area contributed by atoms with Gasteiger partial charge in [-0.1, -0.05) is 0 Å². The maximum atomic E-state index is 11.5. The molecular weight excluding hydrogens is 324 g/mol. The average Bonchev–Trinajstić information content (AvgIpc) is 3.02. The fraction of sp³-hybridized carbons (Fsp3) is 0.0769. The Morgan fingerprint density at radius 2 is 1.88 bits per heavy atom. The molecule has 1 N–H and O–H groups in total. The van der Waals surface area contributed by atoms with Gasteiger partial charge in [-0.05, 0) is 18.2 Å². The summed E-state index contributed by atoms with van der Waals surface area (Å²) in [4.78, 5) is 31.2. The summed E-state index contributed by atoms with van der Waals surface area (Å²) >= 11 is 0. The van der Waals surface area contributed by atoms with Crippen LogP contribution in [-0.2, 0) is 4.79 Å². The number of furan rings is 1. The van der Waals surface area contributed by atoms with Crippen LogP contribution < -0.4 is 10.2 Å². The van der Waals surface area contributed by atoms with Crippen molar-refractivity contribution in [3.8, 4) is 5.75 Å². The largest absolute Gasteiger partial charge is 0.484 e. The number of nitrogens with one attached hydrogen (secondary N) is 1. The molecule has 0 radical (unpaired) electrons. The van der Waals surface area contributed by atoms with Crippen LogP contribution in [0.25, 0.3) is 0 Å². The number of ether oxygens (including phenoxy) is 1. The van der Waals surface area contributed by atoms with Crippen molar-refractivity contribution in [3.05, 3.63) is 62.4 Å². The predicted molar refractivity (Wildman–Crippen MR) is 79.7 cm³/mol. The molecule has 11 heteroatoms. The van der Waals surface area contributed by atoms with Crippen LogP contribution in [0, 0.1) is 20.2 Å². The first-order valence-corrected chi connectivity index (χ1v) is 6.39. The number of nitro benzene ring substituents is 1. The van der Waals surface area contributed by atoms with Gasteiger partial charge in [-0.2, -0.15) is 5.10 Å². The van der Waals surface area contributed by atoms with Crippen LogP contribution in [0.3, 0.4) is 0 Å². The summed E-state index contributed by atoms with van der Waals surface area (Å²) in [6, 6.07) is 7.68. The van der Waals surface area contributed by atoms with Crippen molar-refractivity contribution < 1.29 is 23.8 Å². The summed E-state index contributed by atoms with van der Waals surface area (Å²) in [6.45, 7) is -0.368. The van der Waals surface area contributed by atoms with Gasteiger partial charge in [0.2, 0.25) is 0 Å². The third-order valence-corrected chi connectivity index (χ3v) is 2.59. The molecule has 2 aromatic rings. The van der Waals surface area contributed by atoms with Gasteiger partial charge in [0.1, 0.15) is 10.7 Å². The highest BCUT2D eigenvalue weighted by atomic mass is 16.6. The van der Waals surface area contributed by atoms with Crippen molar-refractivity contribution in [2.45, 2.75) is 0 Å². The molecule has 0 spiro atoms. The molecule has 24 heavy (non-hydrogen) atoms. The van der Waals surface area contributed by atoms with Crippen LogP contribution in [0.1, 0.15) is 5.76 Å². The maximum Gasteiger partial charge on any atom is 0.433 e. The van der Waals surface area contributed by atoms with Crippen molar-refractivity contribution in [1.29, 1.82) is 0 Å². The van der Waals surface area contributed by atoms with Crippen LogP contribution >= 0.6 is 0 Å². The lowest BCUT2D eigenvalue weighted by molar-refractivity contribution is -0.402. The van der Waals surface area contributed by atoms with E-state index in [0.29, 0.717) is 0 Å². The Morgan fingerprint density at radius 1 is 1.17 bits per heavy atom. The molecule has 0 saturated carbocycles. The van der Waals surface area contributed by atoms with E-state index in [4.69, 9.17) is 9.15 Å². The first-order valence-electron chi connectivity index (χ1n) is 6.39. The van der Waals surface area contributed by atoms with Crippen molar-refractivity contribution >= 4 is 23.7 Å². The zero-order chi connectivity index (χ0) is 17.5. The summed E-state index contributed by atoms with van der Waals surface area (Å²) in [5, 5.41) is 24.5. The van der Waals surface area contributed by atoms with E-state index in [2.05, 4.69) is 10.5 Å². The predicted octanol–water partition coefficient (Wildman–Crippen LogP) is 1.63. The fourth-order valence-corrected chi connectivity index (χ4v) is 1.52.